The summed E-state index contributed by atoms with van der Waals surface area (Å²) in [5.41, 5.74) is 4.56. The van der Waals surface area contributed by atoms with Crippen LogP contribution in [0.15, 0.2) is 17.5 Å². The Morgan fingerprint density at radius 2 is 2.00 bits per heavy atom. The molecule has 0 fully saturated rings. The van der Waals surface area contributed by atoms with Gasteiger partial charge in [-0.05, 0) is 53.3 Å². The molecule has 0 aliphatic rings. The predicted octanol–water partition coefficient (Wildman–Crippen LogP) is 4.33. The smallest absolute Gasteiger partial charge is 0.0377 e. The molecule has 0 saturated carbocycles. The van der Waals surface area contributed by atoms with Crippen molar-refractivity contribution in [2.75, 3.05) is 0 Å². The zero-order valence-corrected chi connectivity index (χ0v) is 9.87. The van der Waals surface area contributed by atoms with E-state index in [9.17, 15) is 0 Å². The van der Waals surface area contributed by atoms with Gasteiger partial charge in [0.1, 0.15) is 0 Å². The third-order valence-corrected chi connectivity index (χ3v) is 3.96. The van der Waals surface area contributed by atoms with Crippen molar-refractivity contribution in [3.05, 3.63) is 34.2 Å². The summed E-state index contributed by atoms with van der Waals surface area (Å²) >= 11 is 1.87. The molecule has 1 aromatic carbocycles. The van der Waals surface area contributed by atoms with Crippen LogP contribution in [0.4, 0.5) is 0 Å². The zero-order valence-electron chi connectivity index (χ0n) is 9.05. The van der Waals surface area contributed by atoms with Crippen molar-refractivity contribution in [3.63, 3.8) is 0 Å². The lowest BCUT2D eigenvalue weighted by Crippen LogP contribution is -1.93. The van der Waals surface area contributed by atoms with Crippen LogP contribution in [0, 0.1) is 6.92 Å². The summed E-state index contributed by atoms with van der Waals surface area (Å²) in [4.78, 5) is 0. The summed E-state index contributed by atoms with van der Waals surface area (Å²) in [5.74, 6) is 0. The SMILES string of the molecule is CCc1cc2ccsc2c(CC)c1C. The molecular formula is C13H16S. The van der Waals surface area contributed by atoms with Crippen LogP contribution in [0.5, 0.6) is 0 Å². The van der Waals surface area contributed by atoms with Gasteiger partial charge in [0.2, 0.25) is 0 Å². The molecule has 0 bridgehead atoms. The maximum atomic E-state index is 2.35. The van der Waals surface area contributed by atoms with E-state index in [4.69, 9.17) is 0 Å². The van der Waals surface area contributed by atoms with Crippen LogP contribution in [-0.4, -0.2) is 0 Å². The van der Waals surface area contributed by atoms with Gasteiger partial charge in [0.25, 0.3) is 0 Å². The van der Waals surface area contributed by atoms with Crippen LogP contribution < -0.4 is 0 Å². The largest absolute Gasteiger partial charge is 0.144 e. The highest BCUT2D eigenvalue weighted by atomic mass is 32.1. The second kappa shape index (κ2) is 3.74. The molecule has 0 saturated heterocycles. The standard InChI is InChI=1S/C13H16S/c1-4-10-8-11-6-7-14-13(11)12(5-2)9(10)3/h6-8H,4-5H2,1-3H3. The number of thiophene rings is 1. The molecule has 2 aromatic rings. The van der Waals surface area contributed by atoms with Gasteiger partial charge in [0.05, 0.1) is 0 Å². The van der Waals surface area contributed by atoms with Gasteiger partial charge in [0, 0.05) is 4.70 Å². The maximum Gasteiger partial charge on any atom is 0.0377 e. The Labute approximate surface area is 89.6 Å². The second-order valence-corrected chi connectivity index (χ2v) is 4.60. The molecule has 14 heavy (non-hydrogen) atoms. The zero-order chi connectivity index (χ0) is 10.1. The lowest BCUT2D eigenvalue weighted by Gasteiger charge is -2.10. The summed E-state index contributed by atoms with van der Waals surface area (Å²) in [6.45, 7) is 6.75. The van der Waals surface area contributed by atoms with E-state index in [1.807, 2.05) is 11.3 Å². The van der Waals surface area contributed by atoms with Crippen LogP contribution in [-0.2, 0) is 12.8 Å². The van der Waals surface area contributed by atoms with E-state index in [2.05, 4.69) is 38.3 Å². The van der Waals surface area contributed by atoms with E-state index < -0.39 is 0 Å². The fourth-order valence-corrected chi connectivity index (χ4v) is 3.18. The van der Waals surface area contributed by atoms with Crippen molar-refractivity contribution < 1.29 is 0 Å². The van der Waals surface area contributed by atoms with E-state index in [1.54, 1.807) is 5.56 Å². The molecule has 0 atom stereocenters. The van der Waals surface area contributed by atoms with Crippen molar-refractivity contribution in [2.24, 2.45) is 0 Å². The molecule has 1 heteroatoms. The Morgan fingerprint density at radius 1 is 1.21 bits per heavy atom. The van der Waals surface area contributed by atoms with E-state index in [-0.39, 0.29) is 0 Å². The highest BCUT2D eigenvalue weighted by molar-refractivity contribution is 7.17. The van der Waals surface area contributed by atoms with Crippen LogP contribution in [0.1, 0.15) is 30.5 Å². The van der Waals surface area contributed by atoms with Gasteiger partial charge in [-0.3, -0.25) is 0 Å². The number of aryl methyl sites for hydroxylation is 2. The fraction of sp³-hybridized carbons (Fsp3) is 0.385. The van der Waals surface area contributed by atoms with Gasteiger partial charge < -0.3 is 0 Å². The van der Waals surface area contributed by atoms with Gasteiger partial charge in [-0.25, -0.2) is 0 Å². The minimum atomic E-state index is 1.14. The van der Waals surface area contributed by atoms with Gasteiger partial charge in [-0.2, -0.15) is 0 Å². The number of fused-ring (bicyclic) bond motifs is 1. The van der Waals surface area contributed by atoms with Crippen molar-refractivity contribution in [1.82, 2.24) is 0 Å². The molecule has 1 heterocycles. The average Bonchev–Trinajstić information content (AvgIpc) is 2.64. The summed E-state index contributed by atoms with van der Waals surface area (Å²) in [6.07, 6.45) is 2.29. The minimum Gasteiger partial charge on any atom is -0.144 e. The molecule has 0 nitrogen and oxygen atoms in total. The Kier molecular flexibility index (Phi) is 2.60. The van der Waals surface area contributed by atoms with E-state index in [0.717, 1.165) is 12.8 Å². The molecule has 2 rings (SSSR count). The van der Waals surface area contributed by atoms with Crippen LogP contribution in [0.3, 0.4) is 0 Å². The first-order chi connectivity index (χ1) is 6.77. The van der Waals surface area contributed by atoms with Gasteiger partial charge >= 0.3 is 0 Å². The average molecular weight is 204 g/mol. The summed E-state index contributed by atoms with van der Waals surface area (Å²) in [5, 5.41) is 3.62. The summed E-state index contributed by atoms with van der Waals surface area (Å²) < 4.78 is 1.49. The Morgan fingerprint density at radius 3 is 2.64 bits per heavy atom. The topological polar surface area (TPSA) is 0 Å². The summed E-state index contributed by atoms with van der Waals surface area (Å²) in [7, 11) is 0. The predicted molar refractivity (Wildman–Crippen MR) is 65.3 cm³/mol. The quantitative estimate of drug-likeness (QED) is 0.683. The lowest BCUT2D eigenvalue weighted by atomic mass is 9.97. The molecule has 0 spiro atoms. The number of rotatable bonds is 2. The summed E-state index contributed by atoms with van der Waals surface area (Å²) in [6, 6.07) is 4.58. The van der Waals surface area contributed by atoms with Crippen molar-refractivity contribution in [3.8, 4) is 0 Å². The first kappa shape index (κ1) is 9.72. The van der Waals surface area contributed by atoms with Gasteiger partial charge in [-0.1, -0.05) is 19.9 Å². The van der Waals surface area contributed by atoms with Crippen LogP contribution in [0.25, 0.3) is 10.1 Å². The first-order valence-corrected chi connectivity index (χ1v) is 6.14. The van der Waals surface area contributed by atoms with Gasteiger partial charge in [0.15, 0.2) is 0 Å². The molecule has 0 radical (unpaired) electrons. The van der Waals surface area contributed by atoms with Crippen molar-refractivity contribution in [1.29, 1.82) is 0 Å². The molecule has 0 aliphatic heterocycles. The first-order valence-electron chi connectivity index (χ1n) is 5.26. The molecule has 0 amide bonds. The number of hydrogen-bond donors (Lipinski definition) is 0. The van der Waals surface area contributed by atoms with E-state index in [1.165, 1.54) is 21.2 Å². The maximum absolute atomic E-state index is 2.35. The molecule has 74 valence electrons. The molecule has 0 unspecified atom stereocenters. The molecule has 0 aliphatic carbocycles. The fourth-order valence-electron chi connectivity index (χ4n) is 2.13. The molecular weight excluding hydrogens is 188 g/mol. The third-order valence-electron chi connectivity index (χ3n) is 2.97. The van der Waals surface area contributed by atoms with E-state index in [0.29, 0.717) is 0 Å². The third kappa shape index (κ3) is 1.36. The van der Waals surface area contributed by atoms with Crippen molar-refractivity contribution >= 4 is 21.4 Å². The Bertz CT molecular complexity index is 451. The Balaban J connectivity index is 2.80. The highest BCUT2D eigenvalue weighted by Gasteiger charge is 2.08. The van der Waals surface area contributed by atoms with Crippen LogP contribution >= 0.6 is 11.3 Å². The van der Waals surface area contributed by atoms with Crippen molar-refractivity contribution in [2.45, 2.75) is 33.6 Å². The lowest BCUT2D eigenvalue weighted by molar-refractivity contribution is 1.06. The second-order valence-electron chi connectivity index (χ2n) is 3.69. The van der Waals surface area contributed by atoms with E-state index >= 15 is 0 Å². The highest BCUT2D eigenvalue weighted by Crippen LogP contribution is 2.30. The van der Waals surface area contributed by atoms with Gasteiger partial charge in [-0.15, -0.1) is 11.3 Å². The number of benzene rings is 1. The normalized spacial score (nSPS) is 11.1. The Hall–Kier alpha value is -0.820. The monoisotopic (exact) mass is 204 g/mol. The molecule has 1 aromatic heterocycles. The minimum absolute atomic E-state index is 1.14. The van der Waals surface area contributed by atoms with Crippen LogP contribution in [0.2, 0.25) is 0 Å². The number of hydrogen-bond acceptors (Lipinski definition) is 1. The molecule has 0 N–H and O–H groups in total.